The average molecular weight is 292 g/mol. The van der Waals surface area contributed by atoms with Crippen molar-refractivity contribution in [2.24, 2.45) is 2.98 Å². The summed E-state index contributed by atoms with van der Waals surface area (Å²) in [6.07, 6.45) is 3.50. The van der Waals surface area contributed by atoms with Crippen LogP contribution in [0.3, 0.4) is 0 Å². The normalized spacial score (nSPS) is 15.7. The van der Waals surface area contributed by atoms with E-state index in [1.54, 1.807) is 6.21 Å². The third-order valence-electron chi connectivity index (χ3n) is 0.876. The van der Waals surface area contributed by atoms with Gasteiger partial charge in [0, 0.05) is 0 Å². The van der Waals surface area contributed by atoms with Gasteiger partial charge in [0.1, 0.15) is 0 Å². The number of carbonyl (C=O) groups is 1. The second-order valence-corrected chi connectivity index (χ2v) is 10.2. The van der Waals surface area contributed by atoms with E-state index in [-0.39, 0.29) is 0 Å². The Balaban J connectivity index is 2.52. The molecule has 1 rings (SSSR count). The molecule has 0 saturated heterocycles. The van der Waals surface area contributed by atoms with Gasteiger partial charge in [-0.15, -0.1) is 0 Å². The first-order valence-corrected chi connectivity index (χ1v) is 7.58. The van der Waals surface area contributed by atoms with Crippen molar-refractivity contribution in [1.82, 2.24) is 0 Å². The number of allylic oxidation sites excluding steroid dienone is 1. The second kappa shape index (κ2) is 3.41. The van der Waals surface area contributed by atoms with Crippen LogP contribution in [0.5, 0.6) is 0 Å². The summed E-state index contributed by atoms with van der Waals surface area (Å²) in [6, 6.07) is 0. The van der Waals surface area contributed by atoms with E-state index >= 15 is 0 Å². The molecule has 0 saturated carbocycles. The van der Waals surface area contributed by atoms with Crippen molar-refractivity contribution >= 4 is 50.8 Å². The van der Waals surface area contributed by atoms with E-state index in [2.05, 4.69) is 18.9 Å². The number of rotatable bonds is 2. The molecule has 0 aromatic carbocycles. The standard InChI is InChI=1S/C3H2BrN.CH2O2.In/c4-2-1-3-5;2-1-3;/h1,3H;1H,(H,2,3);/q-1;;+2/p-1. The van der Waals surface area contributed by atoms with Crippen LogP contribution in [0.15, 0.2) is 11.3 Å². The minimum atomic E-state index is -2.34. The van der Waals surface area contributed by atoms with E-state index in [0.717, 1.165) is 2.24 Å². The molecular weight excluding hydrogens is 289 g/mol. The van der Waals surface area contributed by atoms with Crippen LogP contribution in [0.25, 0.3) is 0 Å². The van der Waals surface area contributed by atoms with Crippen molar-refractivity contribution in [3.8, 4) is 0 Å². The Hall–Kier alpha value is 0.230. The molecule has 0 unspecified atom stereocenters. The van der Waals surface area contributed by atoms with E-state index in [4.69, 9.17) is 2.85 Å². The molecule has 0 radical (unpaired) electrons. The zero-order valence-corrected chi connectivity index (χ0v) is 9.33. The summed E-state index contributed by atoms with van der Waals surface area (Å²) in [5.41, 5.74) is 0. The van der Waals surface area contributed by atoms with Crippen LogP contribution in [-0.4, -0.2) is 34.8 Å². The first-order valence-electron chi connectivity index (χ1n) is 2.32. The van der Waals surface area contributed by atoms with Gasteiger partial charge in [0.25, 0.3) is 0 Å². The van der Waals surface area contributed by atoms with Gasteiger partial charge in [0.2, 0.25) is 0 Å². The maximum absolute atomic E-state index is 9.81. The first kappa shape index (κ1) is 7.34. The number of halogens is 1. The predicted molar refractivity (Wildman–Crippen MR) is 38.4 cm³/mol. The van der Waals surface area contributed by atoms with E-state index in [1.165, 1.54) is 0 Å². The molecule has 0 bridgehead atoms. The summed E-state index contributed by atoms with van der Waals surface area (Å²) in [4.78, 5) is 9.81. The molecule has 46 valence electrons. The number of hydrogen-bond donors (Lipinski definition) is 0. The molecule has 0 aliphatic carbocycles. The van der Waals surface area contributed by atoms with Gasteiger partial charge in [-0.25, -0.2) is 0 Å². The summed E-state index contributed by atoms with van der Waals surface area (Å²) >= 11 is 0.913. The van der Waals surface area contributed by atoms with Crippen LogP contribution in [0.4, 0.5) is 0 Å². The Labute approximate surface area is 69.5 Å². The predicted octanol–water partition coefficient (Wildman–Crippen LogP) is 0.550. The molecule has 5 heteroatoms. The molecule has 0 atom stereocenters. The summed E-state index contributed by atoms with van der Waals surface area (Å²) < 4.78 is 9.71. The van der Waals surface area contributed by atoms with Gasteiger partial charge in [-0.05, 0) is 0 Å². The third-order valence-corrected chi connectivity index (χ3v) is 7.98. The van der Waals surface area contributed by atoms with Crippen molar-refractivity contribution in [2.75, 3.05) is 0 Å². The Morgan fingerprint density at radius 3 is 3.11 bits per heavy atom. The monoisotopic (exact) mass is 291 g/mol. The SMILES string of the molecule is O=C[O][In]1[N]=CC=[C]1Br. The van der Waals surface area contributed by atoms with Crippen LogP contribution in [-0.2, 0) is 7.65 Å². The molecule has 0 fully saturated rings. The van der Waals surface area contributed by atoms with Crippen LogP contribution in [0.1, 0.15) is 0 Å². The molecule has 0 aromatic heterocycles. The van der Waals surface area contributed by atoms with Gasteiger partial charge in [-0.3, -0.25) is 0 Å². The van der Waals surface area contributed by atoms with E-state index in [1.807, 2.05) is 6.08 Å². The van der Waals surface area contributed by atoms with Crippen LogP contribution >= 0.6 is 15.9 Å². The van der Waals surface area contributed by atoms with Gasteiger partial charge in [0.15, 0.2) is 0 Å². The zero-order valence-electron chi connectivity index (χ0n) is 4.45. The van der Waals surface area contributed by atoms with E-state index in [0.29, 0.717) is 6.47 Å². The van der Waals surface area contributed by atoms with Gasteiger partial charge in [-0.1, -0.05) is 0 Å². The maximum atomic E-state index is 9.81. The average Bonchev–Trinajstić information content (AvgIpc) is 2.18. The zero-order chi connectivity index (χ0) is 6.69. The molecule has 0 spiro atoms. The van der Waals surface area contributed by atoms with Crippen molar-refractivity contribution in [1.29, 1.82) is 0 Å². The van der Waals surface area contributed by atoms with Crippen LogP contribution < -0.4 is 0 Å². The van der Waals surface area contributed by atoms with Crippen molar-refractivity contribution < 1.29 is 7.65 Å². The van der Waals surface area contributed by atoms with Gasteiger partial charge >= 0.3 is 69.7 Å². The summed E-state index contributed by atoms with van der Waals surface area (Å²) in [7, 11) is 0. The van der Waals surface area contributed by atoms with Crippen molar-refractivity contribution in [2.45, 2.75) is 0 Å². The number of nitrogens with zero attached hydrogens (tertiary/aromatic N) is 1. The fourth-order valence-electron chi connectivity index (χ4n) is 0.499. The first-order chi connectivity index (χ1) is 4.34. The quantitative estimate of drug-likeness (QED) is 0.697. The van der Waals surface area contributed by atoms with E-state index in [9.17, 15) is 4.79 Å². The fraction of sp³-hybridized carbons (Fsp3) is 0. The van der Waals surface area contributed by atoms with Gasteiger partial charge in [0.05, 0.1) is 0 Å². The summed E-state index contributed by atoms with van der Waals surface area (Å²) in [5.74, 6) is 0. The molecule has 1 heterocycles. The van der Waals surface area contributed by atoms with Gasteiger partial charge in [-0.2, -0.15) is 0 Å². The fourth-order valence-corrected chi connectivity index (χ4v) is 4.82. The second-order valence-electron chi connectivity index (χ2n) is 1.43. The van der Waals surface area contributed by atoms with Crippen LogP contribution in [0.2, 0.25) is 0 Å². The number of hydrogen-bond acceptors (Lipinski definition) is 3. The molecule has 9 heavy (non-hydrogen) atoms. The summed E-state index contributed by atoms with van der Waals surface area (Å²) in [6.45, 7) is 0.471. The Bertz CT molecular complexity index is 179. The topological polar surface area (TPSA) is 38.7 Å². The summed E-state index contributed by atoms with van der Waals surface area (Å²) in [5, 5.41) is 0. The Morgan fingerprint density at radius 1 is 1.89 bits per heavy atom. The minimum absolute atomic E-state index is 0.471. The molecule has 1 aliphatic heterocycles. The van der Waals surface area contributed by atoms with Crippen molar-refractivity contribution in [3.05, 3.63) is 8.31 Å². The van der Waals surface area contributed by atoms with E-state index < -0.39 is 22.2 Å². The Morgan fingerprint density at radius 2 is 2.67 bits per heavy atom. The molecule has 0 amide bonds. The molecular formula is C4H3BrInNO2. The van der Waals surface area contributed by atoms with Gasteiger partial charge < -0.3 is 0 Å². The third kappa shape index (κ3) is 1.83. The molecule has 3 nitrogen and oxygen atoms in total. The number of carbonyl (C=O) groups excluding carboxylic acids is 1. The Kier molecular flexibility index (Phi) is 2.78. The molecule has 0 N–H and O–H groups in total. The molecule has 0 aromatic rings. The molecule has 1 aliphatic rings. The van der Waals surface area contributed by atoms with Crippen molar-refractivity contribution in [3.63, 3.8) is 0 Å². The van der Waals surface area contributed by atoms with Crippen LogP contribution in [0, 0.1) is 0 Å².